The van der Waals surface area contributed by atoms with Crippen molar-refractivity contribution in [2.45, 2.75) is 77.7 Å². The number of thioether (sulfide) groups is 1. The van der Waals surface area contributed by atoms with Crippen LogP contribution in [0.25, 0.3) is 0 Å². The highest BCUT2D eigenvalue weighted by atomic mass is 32.2. The van der Waals surface area contributed by atoms with Crippen molar-refractivity contribution in [3.8, 4) is 0 Å². The number of anilines is 1. The summed E-state index contributed by atoms with van der Waals surface area (Å²) in [5, 5.41) is 0. The van der Waals surface area contributed by atoms with Gasteiger partial charge in [0.05, 0.1) is 0 Å². The third kappa shape index (κ3) is 12.2. The van der Waals surface area contributed by atoms with Crippen LogP contribution >= 0.6 is 11.8 Å². The van der Waals surface area contributed by atoms with Gasteiger partial charge in [0.15, 0.2) is 0 Å². The normalized spacial score (nSPS) is 13.7. The van der Waals surface area contributed by atoms with Crippen LogP contribution in [-0.2, 0) is 12.8 Å². The van der Waals surface area contributed by atoms with Crippen molar-refractivity contribution in [2.75, 3.05) is 37.3 Å². The van der Waals surface area contributed by atoms with E-state index in [0.29, 0.717) is 6.04 Å². The lowest BCUT2D eigenvalue weighted by Gasteiger charge is -2.38. The standard InChI is InChI=1S/C23H33FN4S.C3H6.C2H6.C2H4/c1-4-6-20-16-25-23(26-17-20)28-13-11-27(12-14-28)18(2)7-5-8-19-9-10-22(29-3)21(24)15-19;1-3-2;2*1-2/h9-10,15-18H,4-8,11-14H2,1-3H3;3H,1H2,2H3;1-2H3;1-2H2. The molecule has 6 heteroatoms. The highest BCUT2D eigenvalue weighted by Gasteiger charge is 2.22. The number of hydrogen-bond acceptors (Lipinski definition) is 5. The Labute approximate surface area is 225 Å². The minimum Gasteiger partial charge on any atom is -0.338 e. The molecule has 1 fully saturated rings. The Kier molecular flexibility index (Phi) is 19.7. The summed E-state index contributed by atoms with van der Waals surface area (Å²) in [6.07, 6.45) is 12.9. The zero-order chi connectivity index (χ0) is 27.3. The van der Waals surface area contributed by atoms with Gasteiger partial charge in [-0.05, 0) is 69.0 Å². The van der Waals surface area contributed by atoms with E-state index in [2.05, 4.69) is 59.4 Å². The topological polar surface area (TPSA) is 32.3 Å². The van der Waals surface area contributed by atoms with E-state index in [1.165, 1.54) is 17.3 Å². The highest BCUT2D eigenvalue weighted by Crippen LogP contribution is 2.21. The first-order valence-electron chi connectivity index (χ1n) is 13.2. The molecule has 0 N–H and O–H groups in total. The fourth-order valence-corrected chi connectivity index (χ4v) is 4.40. The summed E-state index contributed by atoms with van der Waals surface area (Å²) in [5.74, 6) is 0.761. The van der Waals surface area contributed by atoms with Gasteiger partial charge in [-0.1, -0.05) is 39.3 Å². The molecule has 1 aliphatic rings. The fourth-order valence-electron chi connectivity index (χ4n) is 3.94. The van der Waals surface area contributed by atoms with E-state index in [4.69, 9.17) is 0 Å². The molecule has 1 atom stereocenters. The third-order valence-electron chi connectivity index (χ3n) is 5.75. The van der Waals surface area contributed by atoms with Crippen LogP contribution in [0.3, 0.4) is 0 Å². The number of allylic oxidation sites excluding steroid dienone is 1. The molecule has 202 valence electrons. The Hall–Kier alpha value is -2.18. The zero-order valence-corrected chi connectivity index (χ0v) is 24.4. The Morgan fingerprint density at radius 2 is 1.64 bits per heavy atom. The van der Waals surface area contributed by atoms with E-state index in [-0.39, 0.29) is 5.82 Å². The van der Waals surface area contributed by atoms with Crippen molar-refractivity contribution >= 4 is 17.7 Å². The van der Waals surface area contributed by atoms with Gasteiger partial charge >= 0.3 is 0 Å². The molecule has 0 spiro atoms. The molecule has 4 nitrogen and oxygen atoms in total. The van der Waals surface area contributed by atoms with Crippen LogP contribution in [0.15, 0.2) is 61.3 Å². The summed E-state index contributed by atoms with van der Waals surface area (Å²) in [6, 6.07) is 6.19. The SMILES string of the molecule is C=C.C=CC.CC.CCCc1cnc(N2CCN(C(C)CCCc3ccc(SC)c(F)c3)CC2)nc1. The number of halogens is 1. The summed E-state index contributed by atoms with van der Waals surface area (Å²) < 4.78 is 13.9. The fraction of sp³-hybridized carbons (Fsp3) is 0.533. The Morgan fingerprint density at radius 3 is 2.14 bits per heavy atom. The molecule has 3 rings (SSSR count). The molecule has 0 aliphatic carbocycles. The molecule has 0 radical (unpaired) electrons. The van der Waals surface area contributed by atoms with Crippen molar-refractivity contribution in [3.05, 3.63) is 73.3 Å². The molecular weight excluding hydrogens is 467 g/mol. The number of benzene rings is 1. The minimum atomic E-state index is -0.0934. The number of hydrogen-bond donors (Lipinski definition) is 0. The van der Waals surface area contributed by atoms with Crippen LogP contribution < -0.4 is 4.90 Å². The predicted octanol–water partition coefficient (Wildman–Crippen LogP) is 7.84. The van der Waals surface area contributed by atoms with Gasteiger partial charge in [-0.25, -0.2) is 14.4 Å². The number of aromatic nitrogens is 2. The van der Waals surface area contributed by atoms with Gasteiger partial charge < -0.3 is 4.90 Å². The molecule has 1 saturated heterocycles. The second-order valence-electron chi connectivity index (χ2n) is 8.28. The lowest BCUT2D eigenvalue weighted by atomic mass is 10.0. The van der Waals surface area contributed by atoms with Gasteiger partial charge in [0.25, 0.3) is 0 Å². The van der Waals surface area contributed by atoms with Crippen LogP contribution in [0, 0.1) is 5.82 Å². The van der Waals surface area contributed by atoms with E-state index >= 15 is 0 Å². The van der Waals surface area contributed by atoms with Gasteiger partial charge in [0, 0.05) is 49.5 Å². The first kappa shape index (κ1) is 33.8. The number of aryl methyl sites for hydroxylation is 2. The summed E-state index contributed by atoms with van der Waals surface area (Å²) in [7, 11) is 0. The van der Waals surface area contributed by atoms with Gasteiger partial charge in [-0.3, -0.25) is 4.90 Å². The Bertz CT molecular complexity index is 820. The van der Waals surface area contributed by atoms with Crippen LogP contribution in [0.1, 0.15) is 65.0 Å². The van der Waals surface area contributed by atoms with Crippen molar-refractivity contribution in [2.24, 2.45) is 0 Å². The van der Waals surface area contributed by atoms with E-state index in [9.17, 15) is 4.39 Å². The Morgan fingerprint density at radius 1 is 1.06 bits per heavy atom. The number of rotatable bonds is 9. The zero-order valence-electron chi connectivity index (χ0n) is 23.6. The summed E-state index contributed by atoms with van der Waals surface area (Å²) in [5.41, 5.74) is 2.31. The second-order valence-corrected chi connectivity index (χ2v) is 9.13. The molecular formula is C30H49FN4S. The minimum absolute atomic E-state index is 0.0934. The molecule has 0 bridgehead atoms. The molecule has 2 heterocycles. The van der Waals surface area contributed by atoms with Crippen molar-refractivity contribution in [3.63, 3.8) is 0 Å². The van der Waals surface area contributed by atoms with Crippen LogP contribution in [0.5, 0.6) is 0 Å². The maximum Gasteiger partial charge on any atom is 0.225 e. The highest BCUT2D eigenvalue weighted by molar-refractivity contribution is 7.98. The quantitative estimate of drug-likeness (QED) is 0.250. The second kappa shape index (κ2) is 21.0. The van der Waals surface area contributed by atoms with E-state index < -0.39 is 0 Å². The van der Waals surface area contributed by atoms with E-state index in [1.54, 1.807) is 12.1 Å². The number of nitrogens with zero attached hydrogens (tertiary/aromatic N) is 4. The lowest BCUT2D eigenvalue weighted by molar-refractivity contribution is 0.186. The van der Waals surface area contributed by atoms with Gasteiger partial charge in [-0.2, -0.15) is 0 Å². The number of piperazine rings is 1. The van der Waals surface area contributed by atoms with Crippen molar-refractivity contribution in [1.29, 1.82) is 0 Å². The molecule has 1 aromatic carbocycles. The summed E-state index contributed by atoms with van der Waals surface area (Å²) >= 11 is 1.46. The average molecular weight is 517 g/mol. The molecule has 0 amide bonds. The first-order valence-corrected chi connectivity index (χ1v) is 14.4. The Balaban J connectivity index is 0.00000159. The molecule has 1 aromatic heterocycles. The van der Waals surface area contributed by atoms with Crippen molar-refractivity contribution in [1.82, 2.24) is 14.9 Å². The lowest BCUT2D eigenvalue weighted by Crippen LogP contribution is -2.50. The first-order chi connectivity index (χ1) is 17.5. The van der Waals surface area contributed by atoms with Gasteiger partial charge in [-0.15, -0.1) is 31.5 Å². The molecule has 36 heavy (non-hydrogen) atoms. The molecule has 1 unspecified atom stereocenters. The van der Waals surface area contributed by atoms with E-state index in [0.717, 1.165) is 74.7 Å². The predicted molar refractivity (Wildman–Crippen MR) is 159 cm³/mol. The smallest absolute Gasteiger partial charge is 0.225 e. The van der Waals surface area contributed by atoms with Crippen LogP contribution in [0.4, 0.5) is 10.3 Å². The summed E-state index contributed by atoms with van der Waals surface area (Å²) in [6.45, 7) is 23.8. The third-order valence-corrected chi connectivity index (χ3v) is 6.53. The monoisotopic (exact) mass is 516 g/mol. The van der Waals surface area contributed by atoms with Gasteiger partial charge in [0.1, 0.15) is 5.82 Å². The van der Waals surface area contributed by atoms with E-state index in [1.807, 2.05) is 45.5 Å². The van der Waals surface area contributed by atoms with Crippen LogP contribution in [-0.4, -0.2) is 53.3 Å². The molecule has 1 aliphatic heterocycles. The maximum absolute atomic E-state index is 13.9. The van der Waals surface area contributed by atoms with Gasteiger partial charge in [0.2, 0.25) is 5.95 Å². The summed E-state index contributed by atoms with van der Waals surface area (Å²) in [4.78, 5) is 14.7. The van der Waals surface area contributed by atoms with Crippen LogP contribution in [0.2, 0.25) is 0 Å². The molecule has 2 aromatic rings. The largest absolute Gasteiger partial charge is 0.338 e. The maximum atomic E-state index is 13.9. The van der Waals surface area contributed by atoms with Crippen molar-refractivity contribution < 1.29 is 4.39 Å². The molecule has 0 saturated carbocycles. The average Bonchev–Trinajstić information content (AvgIpc) is 2.92.